The summed E-state index contributed by atoms with van der Waals surface area (Å²) >= 11 is 11.9. The molecular formula is C24H21Cl2NO8S. The minimum atomic E-state index is -4.06. The van der Waals surface area contributed by atoms with Gasteiger partial charge in [-0.05, 0) is 54.6 Å². The monoisotopic (exact) mass is 553 g/mol. The molecule has 3 rings (SSSR count). The number of carbonyl (C=O) groups excluding carboxylic acids is 2. The van der Waals surface area contributed by atoms with Crippen LogP contribution in [0.3, 0.4) is 0 Å². The Morgan fingerprint density at radius 2 is 1.47 bits per heavy atom. The van der Waals surface area contributed by atoms with Crippen molar-refractivity contribution in [1.82, 2.24) is 0 Å². The van der Waals surface area contributed by atoms with Gasteiger partial charge in [-0.2, -0.15) is 0 Å². The maximum absolute atomic E-state index is 12.8. The Bertz CT molecular complexity index is 1370. The number of Topliss-reactive ketones (excluding diaryl/α,β-unsaturated/α-hetero) is 1. The maximum Gasteiger partial charge on any atom is 0.340 e. The lowest BCUT2D eigenvalue weighted by molar-refractivity contribution is 0.0474. The van der Waals surface area contributed by atoms with E-state index in [4.69, 9.17) is 42.1 Å². The molecule has 0 atom stereocenters. The van der Waals surface area contributed by atoms with Gasteiger partial charge in [-0.3, -0.25) is 9.52 Å². The van der Waals surface area contributed by atoms with Crippen molar-refractivity contribution in [3.05, 3.63) is 75.8 Å². The van der Waals surface area contributed by atoms with Crippen LogP contribution in [0.4, 0.5) is 5.69 Å². The molecule has 0 saturated carbocycles. The van der Waals surface area contributed by atoms with Crippen molar-refractivity contribution in [3.63, 3.8) is 0 Å². The molecule has 1 N–H and O–H groups in total. The van der Waals surface area contributed by atoms with Crippen LogP contribution in [0.25, 0.3) is 0 Å². The fourth-order valence-corrected chi connectivity index (χ4v) is 4.50. The van der Waals surface area contributed by atoms with Crippen LogP contribution in [0.2, 0.25) is 10.0 Å². The molecule has 0 aromatic heterocycles. The highest BCUT2D eigenvalue weighted by molar-refractivity contribution is 7.92. The molecule has 0 saturated heterocycles. The van der Waals surface area contributed by atoms with E-state index in [1.807, 2.05) is 0 Å². The second-order valence-electron chi connectivity index (χ2n) is 7.17. The predicted molar refractivity (Wildman–Crippen MR) is 134 cm³/mol. The number of hydrogen-bond acceptors (Lipinski definition) is 8. The first-order valence-corrected chi connectivity index (χ1v) is 12.4. The molecule has 0 heterocycles. The minimum Gasteiger partial charge on any atom is -0.493 e. The topological polar surface area (TPSA) is 117 Å². The number of benzene rings is 3. The standard InChI is InChI=1S/C24H21Cl2NO8S/c1-32-21-10-14(11-22(33-2)23(21)34-3)20(28)13-35-24(29)18-12-17(8-9-19(18)26)36(30,31)27-16-6-4-15(25)5-7-16/h4-12,27H,13H2,1-3H3. The van der Waals surface area contributed by atoms with Gasteiger partial charge in [0.1, 0.15) is 0 Å². The van der Waals surface area contributed by atoms with Gasteiger partial charge in [0.05, 0.1) is 36.8 Å². The van der Waals surface area contributed by atoms with Crippen LogP contribution < -0.4 is 18.9 Å². The molecule has 36 heavy (non-hydrogen) atoms. The van der Waals surface area contributed by atoms with Gasteiger partial charge in [0, 0.05) is 16.3 Å². The predicted octanol–water partition coefficient (Wildman–Crippen LogP) is 4.86. The van der Waals surface area contributed by atoms with Crippen LogP contribution in [-0.2, 0) is 14.8 Å². The van der Waals surface area contributed by atoms with E-state index < -0.39 is 28.4 Å². The third-order valence-corrected chi connectivity index (χ3v) is 6.85. The van der Waals surface area contributed by atoms with Crippen molar-refractivity contribution in [2.75, 3.05) is 32.7 Å². The Balaban J connectivity index is 1.78. The van der Waals surface area contributed by atoms with Crippen molar-refractivity contribution in [3.8, 4) is 17.2 Å². The van der Waals surface area contributed by atoms with E-state index in [1.165, 1.54) is 69.9 Å². The van der Waals surface area contributed by atoms with Crippen molar-refractivity contribution in [2.45, 2.75) is 4.90 Å². The highest BCUT2D eigenvalue weighted by Crippen LogP contribution is 2.38. The number of esters is 1. The summed E-state index contributed by atoms with van der Waals surface area (Å²) in [5.41, 5.74) is 0.189. The molecule has 0 aliphatic heterocycles. The Kier molecular flexibility index (Phi) is 8.67. The summed E-state index contributed by atoms with van der Waals surface area (Å²) < 4.78 is 48.7. The summed E-state index contributed by atoms with van der Waals surface area (Å²) in [4.78, 5) is 25.1. The molecule has 190 valence electrons. The van der Waals surface area contributed by atoms with Crippen LogP contribution in [0.15, 0.2) is 59.5 Å². The second kappa shape index (κ2) is 11.5. The maximum atomic E-state index is 12.8. The van der Waals surface area contributed by atoms with E-state index in [0.29, 0.717) is 10.8 Å². The quantitative estimate of drug-likeness (QED) is 0.279. The zero-order valence-corrected chi connectivity index (χ0v) is 21.7. The third kappa shape index (κ3) is 6.20. The molecule has 3 aromatic carbocycles. The van der Waals surface area contributed by atoms with E-state index in [9.17, 15) is 18.0 Å². The highest BCUT2D eigenvalue weighted by atomic mass is 35.5. The van der Waals surface area contributed by atoms with Crippen molar-refractivity contribution in [1.29, 1.82) is 0 Å². The molecule has 0 unspecified atom stereocenters. The number of anilines is 1. The molecule has 0 aliphatic rings. The number of halogens is 2. The van der Waals surface area contributed by atoms with E-state index >= 15 is 0 Å². The van der Waals surface area contributed by atoms with Gasteiger partial charge in [0.15, 0.2) is 18.1 Å². The number of methoxy groups -OCH3 is 3. The van der Waals surface area contributed by atoms with Crippen molar-refractivity contribution < 1.29 is 37.0 Å². The molecule has 0 spiro atoms. The molecule has 0 bridgehead atoms. The lowest BCUT2D eigenvalue weighted by atomic mass is 10.1. The van der Waals surface area contributed by atoms with Gasteiger partial charge in [-0.15, -0.1) is 0 Å². The zero-order chi connectivity index (χ0) is 26.5. The summed E-state index contributed by atoms with van der Waals surface area (Å²) in [6, 6.07) is 12.4. The third-order valence-electron chi connectivity index (χ3n) is 4.89. The highest BCUT2D eigenvalue weighted by Gasteiger charge is 2.22. The number of rotatable bonds is 10. The smallest absolute Gasteiger partial charge is 0.340 e. The fourth-order valence-electron chi connectivity index (χ4n) is 3.09. The average Bonchev–Trinajstić information content (AvgIpc) is 2.87. The number of ether oxygens (including phenoxy) is 4. The lowest BCUT2D eigenvalue weighted by Gasteiger charge is -2.14. The second-order valence-corrected chi connectivity index (χ2v) is 9.69. The first-order valence-electron chi connectivity index (χ1n) is 10.2. The first-order chi connectivity index (χ1) is 17.1. The van der Waals surface area contributed by atoms with Gasteiger partial charge in [-0.1, -0.05) is 23.2 Å². The molecule has 0 amide bonds. The SMILES string of the molecule is COc1cc(C(=O)COC(=O)c2cc(S(=O)(=O)Nc3ccc(Cl)cc3)ccc2Cl)cc(OC)c1OC. The van der Waals surface area contributed by atoms with Crippen LogP contribution >= 0.6 is 23.2 Å². The number of ketones is 1. The lowest BCUT2D eigenvalue weighted by Crippen LogP contribution is -2.17. The molecule has 12 heteroatoms. The van der Waals surface area contributed by atoms with Gasteiger partial charge < -0.3 is 18.9 Å². The van der Waals surface area contributed by atoms with Gasteiger partial charge in [-0.25, -0.2) is 13.2 Å². The normalized spacial score (nSPS) is 10.9. The molecule has 9 nitrogen and oxygen atoms in total. The molecule has 3 aromatic rings. The summed E-state index contributed by atoms with van der Waals surface area (Å²) in [7, 11) is 0.160. The zero-order valence-electron chi connectivity index (χ0n) is 19.3. The molecular weight excluding hydrogens is 533 g/mol. The van der Waals surface area contributed by atoms with Gasteiger partial charge in [0.25, 0.3) is 10.0 Å². The number of nitrogens with one attached hydrogen (secondary N) is 1. The summed E-state index contributed by atoms with van der Waals surface area (Å²) in [6.45, 7) is -0.645. The first kappa shape index (κ1) is 27.1. The number of hydrogen-bond donors (Lipinski definition) is 1. The van der Waals surface area contributed by atoms with E-state index in [1.54, 1.807) is 0 Å². The van der Waals surface area contributed by atoms with Crippen LogP contribution in [-0.4, -0.2) is 48.1 Å². The Labute approximate surface area is 217 Å². The van der Waals surface area contributed by atoms with Crippen LogP contribution in [0, 0.1) is 0 Å². The fraction of sp³-hybridized carbons (Fsp3) is 0.167. The number of sulfonamides is 1. The Hall–Kier alpha value is -3.47. The van der Waals surface area contributed by atoms with Gasteiger partial charge in [0.2, 0.25) is 11.5 Å². The molecule has 0 fully saturated rings. The molecule has 0 radical (unpaired) electrons. The Morgan fingerprint density at radius 3 is 2.03 bits per heavy atom. The molecule has 0 aliphatic carbocycles. The van der Waals surface area contributed by atoms with Crippen molar-refractivity contribution in [2.24, 2.45) is 0 Å². The number of carbonyl (C=O) groups is 2. The van der Waals surface area contributed by atoms with Crippen LogP contribution in [0.1, 0.15) is 20.7 Å². The van der Waals surface area contributed by atoms with Gasteiger partial charge >= 0.3 is 5.97 Å². The van der Waals surface area contributed by atoms with E-state index in [2.05, 4.69) is 4.72 Å². The summed E-state index contributed by atoms with van der Waals surface area (Å²) in [5, 5.41) is 0.390. The average molecular weight is 554 g/mol. The minimum absolute atomic E-state index is 0.0503. The van der Waals surface area contributed by atoms with E-state index in [0.717, 1.165) is 6.07 Å². The summed E-state index contributed by atoms with van der Waals surface area (Å²) in [6.07, 6.45) is 0. The van der Waals surface area contributed by atoms with Crippen molar-refractivity contribution >= 4 is 50.7 Å². The Morgan fingerprint density at radius 1 is 0.861 bits per heavy atom. The van der Waals surface area contributed by atoms with E-state index in [-0.39, 0.29) is 38.2 Å². The largest absolute Gasteiger partial charge is 0.493 e. The van der Waals surface area contributed by atoms with Crippen LogP contribution in [0.5, 0.6) is 17.2 Å². The summed E-state index contributed by atoms with van der Waals surface area (Å²) in [5.74, 6) is -0.747.